The van der Waals surface area contributed by atoms with Gasteiger partial charge in [-0.25, -0.2) is 14.6 Å². The lowest BCUT2D eigenvalue weighted by Gasteiger charge is -2.15. The Morgan fingerprint density at radius 2 is 1.65 bits per heavy atom. The number of nitrogens with one attached hydrogen (secondary N) is 4. The predicted molar refractivity (Wildman–Crippen MR) is 128 cm³/mol. The predicted octanol–water partition coefficient (Wildman–Crippen LogP) is 3.82. The van der Waals surface area contributed by atoms with Crippen LogP contribution < -0.4 is 21.8 Å². The summed E-state index contributed by atoms with van der Waals surface area (Å²) in [4.78, 5) is 49.6. The lowest BCUT2D eigenvalue weighted by molar-refractivity contribution is -0.300. The number of anilines is 1. The Bertz CT molecular complexity index is 1520. The van der Waals surface area contributed by atoms with Gasteiger partial charge in [-0.15, -0.1) is 0 Å². The molecule has 4 rings (SSSR count). The number of H-pyrrole nitrogens is 2. The molecule has 2 aromatic carbocycles. The molecule has 0 fully saturated rings. The van der Waals surface area contributed by atoms with Gasteiger partial charge >= 0.3 is 23.3 Å². The fourth-order valence-corrected chi connectivity index (χ4v) is 3.52. The molecular weight excluding hydrogens is 495 g/mol. The smallest absolute Gasteiger partial charge is 0.334 e. The number of hydrogen-bond acceptors (Lipinski definition) is 5. The van der Waals surface area contributed by atoms with E-state index in [1.807, 2.05) is 0 Å². The number of aromatic amines is 2. The molecule has 0 bridgehead atoms. The molecule has 0 aliphatic heterocycles. The van der Waals surface area contributed by atoms with Crippen molar-refractivity contribution in [2.24, 2.45) is 0 Å². The van der Waals surface area contributed by atoms with Crippen LogP contribution in [0.1, 0.15) is 23.6 Å². The molecule has 0 atom stereocenters. The molecule has 13 heteroatoms. The van der Waals surface area contributed by atoms with E-state index in [4.69, 9.17) is 9.78 Å². The van der Waals surface area contributed by atoms with Crippen LogP contribution in [0.25, 0.3) is 16.7 Å². The summed E-state index contributed by atoms with van der Waals surface area (Å²) in [6.07, 6.45) is -1.91. The Labute approximate surface area is 207 Å². The highest BCUT2D eigenvalue weighted by molar-refractivity contribution is 5.89. The van der Waals surface area contributed by atoms with Gasteiger partial charge in [-0.2, -0.15) is 13.2 Å². The summed E-state index contributed by atoms with van der Waals surface area (Å²) in [5.41, 5.74) is -1.49. The first-order valence-corrected chi connectivity index (χ1v) is 11.1. The van der Waals surface area contributed by atoms with Crippen molar-refractivity contribution < 1.29 is 27.7 Å². The number of carbonyl (C=O) groups excluding carboxylic acids is 1. The molecule has 0 saturated heterocycles. The van der Waals surface area contributed by atoms with Gasteiger partial charge in [0.15, 0.2) is 0 Å². The summed E-state index contributed by atoms with van der Waals surface area (Å²) in [5, 5.41) is 5.30. The van der Waals surface area contributed by atoms with E-state index in [0.29, 0.717) is 17.9 Å². The van der Waals surface area contributed by atoms with Crippen molar-refractivity contribution in [1.29, 1.82) is 0 Å². The van der Waals surface area contributed by atoms with Crippen molar-refractivity contribution in [3.63, 3.8) is 0 Å². The number of urea groups is 1. The molecule has 0 aliphatic carbocycles. The van der Waals surface area contributed by atoms with E-state index < -0.39 is 28.9 Å². The molecule has 0 aliphatic rings. The standard InChI is InChI=1S/C24H22F3N5O5/c1-2-36-37-13-14-3-5-16(6-4-14)29-23(35)28-11-15-7-8-32(12-15)20-10-19-18(9-17(20)24(25,26)27)30-21(33)22(34)31-19/h3-10,12H,2,11,13H2,1H3,(H,30,33)(H,31,34)(H2,28,29,35). The molecule has 0 unspecified atom stereocenters. The van der Waals surface area contributed by atoms with E-state index in [9.17, 15) is 27.6 Å². The van der Waals surface area contributed by atoms with Gasteiger partial charge in [0.05, 0.1) is 28.9 Å². The van der Waals surface area contributed by atoms with E-state index in [-0.39, 0.29) is 29.9 Å². The first-order valence-electron chi connectivity index (χ1n) is 11.1. The number of halogens is 3. The third kappa shape index (κ3) is 6.26. The van der Waals surface area contributed by atoms with Crippen LogP contribution in [0, 0.1) is 0 Å². The minimum absolute atomic E-state index is 0.0378. The molecule has 2 aromatic heterocycles. The van der Waals surface area contributed by atoms with E-state index >= 15 is 0 Å². The second-order valence-corrected chi connectivity index (χ2v) is 7.92. The minimum Gasteiger partial charge on any atom is -0.334 e. The topological polar surface area (TPSA) is 130 Å². The van der Waals surface area contributed by atoms with Crippen molar-refractivity contribution in [3.8, 4) is 5.69 Å². The fraction of sp³-hybridized carbons (Fsp3) is 0.208. The van der Waals surface area contributed by atoms with Gasteiger partial charge < -0.3 is 25.2 Å². The number of hydrogen-bond donors (Lipinski definition) is 4. The monoisotopic (exact) mass is 517 g/mol. The number of nitrogens with zero attached hydrogens (tertiary/aromatic N) is 1. The average Bonchev–Trinajstić information content (AvgIpc) is 3.32. The highest BCUT2D eigenvalue weighted by Gasteiger charge is 2.34. The second kappa shape index (κ2) is 10.7. The van der Waals surface area contributed by atoms with Crippen LogP contribution in [-0.4, -0.2) is 27.2 Å². The molecule has 10 nitrogen and oxygen atoms in total. The van der Waals surface area contributed by atoms with E-state index in [2.05, 4.69) is 20.6 Å². The van der Waals surface area contributed by atoms with Gasteiger partial charge in [-0.1, -0.05) is 12.1 Å². The SMILES string of the molecule is CCOOCc1ccc(NC(=O)NCc2ccn(-c3cc4[nH]c(=O)c(=O)[nH]c4cc3C(F)(F)F)c2)cc1. The molecule has 2 heterocycles. The van der Waals surface area contributed by atoms with Gasteiger partial charge in [-0.3, -0.25) is 9.59 Å². The van der Waals surface area contributed by atoms with Gasteiger partial charge in [0, 0.05) is 24.6 Å². The Morgan fingerprint density at radius 3 is 2.30 bits per heavy atom. The third-order valence-electron chi connectivity index (χ3n) is 5.27. The minimum atomic E-state index is -4.73. The number of alkyl halides is 3. The molecule has 4 N–H and O–H groups in total. The van der Waals surface area contributed by atoms with Gasteiger partial charge in [-0.05, 0) is 48.4 Å². The number of carbonyl (C=O) groups is 1. The summed E-state index contributed by atoms with van der Waals surface area (Å²) >= 11 is 0. The largest absolute Gasteiger partial charge is 0.418 e. The Hall–Kier alpha value is -4.36. The second-order valence-electron chi connectivity index (χ2n) is 7.92. The number of fused-ring (bicyclic) bond motifs is 1. The summed E-state index contributed by atoms with van der Waals surface area (Å²) in [7, 11) is 0. The van der Waals surface area contributed by atoms with Crippen molar-refractivity contribution >= 4 is 22.8 Å². The Morgan fingerprint density at radius 1 is 0.973 bits per heavy atom. The third-order valence-corrected chi connectivity index (χ3v) is 5.27. The highest BCUT2D eigenvalue weighted by atomic mass is 19.4. The number of amides is 2. The quantitative estimate of drug-likeness (QED) is 0.122. The van der Waals surface area contributed by atoms with Crippen molar-refractivity contribution in [1.82, 2.24) is 19.9 Å². The number of aromatic nitrogens is 3. The molecule has 0 spiro atoms. The summed E-state index contributed by atoms with van der Waals surface area (Å²) < 4.78 is 42.5. The molecule has 0 radical (unpaired) electrons. The molecule has 37 heavy (non-hydrogen) atoms. The van der Waals surface area contributed by atoms with Gasteiger partial charge in [0.2, 0.25) is 0 Å². The number of benzene rings is 2. The van der Waals surface area contributed by atoms with Gasteiger partial charge in [0.1, 0.15) is 6.61 Å². The van der Waals surface area contributed by atoms with Gasteiger partial charge in [0.25, 0.3) is 0 Å². The normalized spacial score (nSPS) is 11.6. The van der Waals surface area contributed by atoms with Crippen LogP contribution in [0.4, 0.5) is 23.7 Å². The molecule has 194 valence electrons. The van der Waals surface area contributed by atoms with Crippen molar-refractivity contribution in [2.75, 3.05) is 11.9 Å². The zero-order chi connectivity index (χ0) is 26.6. The van der Waals surface area contributed by atoms with Crippen molar-refractivity contribution in [3.05, 3.63) is 92.3 Å². The van der Waals surface area contributed by atoms with Crippen LogP contribution in [0.3, 0.4) is 0 Å². The lowest BCUT2D eigenvalue weighted by Crippen LogP contribution is -2.29. The van der Waals surface area contributed by atoms with Crippen LogP contribution in [0.5, 0.6) is 0 Å². The van der Waals surface area contributed by atoms with E-state index in [0.717, 1.165) is 17.7 Å². The van der Waals surface area contributed by atoms with E-state index in [1.165, 1.54) is 17.0 Å². The molecule has 0 saturated carbocycles. The number of rotatable bonds is 8. The Balaban J connectivity index is 1.45. The fourth-order valence-electron chi connectivity index (χ4n) is 3.52. The highest BCUT2D eigenvalue weighted by Crippen LogP contribution is 2.35. The van der Waals surface area contributed by atoms with Crippen molar-refractivity contribution in [2.45, 2.75) is 26.3 Å². The summed E-state index contributed by atoms with van der Waals surface area (Å²) in [6.45, 7) is 2.53. The molecule has 4 aromatic rings. The summed E-state index contributed by atoms with van der Waals surface area (Å²) in [6, 6.07) is 9.85. The maximum absolute atomic E-state index is 13.8. The first kappa shape index (κ1) is 25.7. The zero-order valence-electron chi connectivity index (χ0n) is 19.4. The Kier molecular flexibility index (Phi) is 7.45. The maximum Gasteiger partial charge on any atom is 0.418 e. The van der Waals surface area contributed by atoms with Crippen LogP contribution in [-0.2, 0) is 29.1 Å². The maximum atomic E-state index is 13.8. The first-order chi connectivity index (χ1) is 17.6. The van der Waals surface area contributed by atoms with Crippen LogP contribution in [0.15, 0.2) is 64.4 Å². The van der Waals surface area contributed by atoms with Crippen LogP contribution >= 0.6 is 0 Å². The average molecular weight is 517 g/mol. The summed E-state index contributed by atoms with van der Waals surface area (Å²) in [5.74, 6) is 0. The molecular formula is C24H22F3N5O5. The zero-order valence-corrected chi connectivity index (χ0v) is 19.4. The lowest BCUT2D eigenvalue weighted by atomic mass is 10.1. The molecule has 2 amide bonds. The van der Waals surface area contributed by atoms with E-state index in [1.54, 1.807) is 37.3 Å². The van der Waals surface area contributed by atoms with Crippen LogP contribution in [0.2, 0.25) is 0 Å².